The van der Waals surface area contributed by atoms with E-state index in [4.69, 9.17) is 5.11 Å². The standard InChI is InChI=1S/C11H9N3O4S/c1-13-6-8(14(17)18)10(12-13)19-9-5-3-2-4-7(9)11(15)16/h2-6H,1H3,(H,15,16). The highest BCUT2D eigenvalue weighted by molar-refractivity contribution is 7.99. The molecule has 98 valence electrons. The van der Waals surface area contributed by atoms with Gasteiger partial charge in [0.25, 0.3) is 0 Å². The Morgan fingerprint density at radius 3 is 2.79 bits per heavy atom. The van der Waals surface area contributed by atoms with Crippen molar-refractivity contribution in [3.63, 3.8) is 0 Å². The maximum Gasteiger partial charge on any atom is 0.336 e. The predicted octanol–water partition coefficient (Wildman–Crippen LogP) is 2.18. The Morgan fingerprint density at radius 2 is 2.16 bits per heavy atom. The molecule has 8 heteroatoms. The van der Waals surface area contributed by atoms with E-state index in [1.165, 1.54) is 16.9 Å². The van der Waals surface area contributed by atoms with Crippen LogP contribution in [0.1, 0.15) is 10.4 Å². The van der Waals surface area contributed by atoms with Gasteiger partial charge < -0.3 is 5.11 Å². The van der Waals surface area contributed by atoms with E-state index in [9.17, 15) is 14.9 Å². The van der Waals surface area contributed by atoms with Crippen molar-refractivity contribution in [1.29, 1.82) is 0 Å². The molecule has 1 N–H and O–H groups in total. The summed E-state index contributed by atoms with van der Waals surface area (Å²) in [5.74, 6) is -1.08. The van der Waals surface area contributed by atoms with Crippen molar-refractivity contribution in [2.45, 2.75) is 9.92 Å². The van der Waals surface area contributed by atoms with E-state index in [0.717, 1.165) is 11.8 Å². The van der Waals surface area contributed by atoms with Crippen molar-refractivity contribution >= 4 is 23.4 Å². The van der Waals surface area contributed by atoms with Gasteiger partial charge in [-0.1, -0.05) is 23.9 Å². The van der Waals surface area contributed by atoms with Gasteiger partial charge in [-0.25, -0.2) is 4.79 Å². The number of nitro groups is 1. The lowest BCUT2D eigenvalue weighted by Gasteiger charge is -2.02. The highest BCUT2D eigenvalue weighted by Gasteiger charge is 2.21. The SMILES string of the molecule is Cn1cc([N+](=O)[O-])c(Sc2ccccc2C(=O)O)n1. The van der Waals surface area contributed by atoms with Crippen LogP contribution in [0.15, 0.2) is 40.4 Å². The zero-order chi connectivity index (χ0) is 14.0. The smallest absolute Gasteiger partial charge is 0.336 e. The van der Waals surface area contributed by atoms with Gasteiger partial charge >= 0.3 is 11.7 Å². The van der Waals surface area contributed by atoms with Crippen LogP contribution in [0.25, 0.3) is 0 Å². The molecule has 0 radical (unpaired) electrons. The highest BCUT2D eigenvalue weighted by Crippen LogP contribution is 2.35. The fourth-order valence-electron chi connectivity index (χ4n) is 1.49. The van der Waals surface area contributed by atoms with Gasteiger partial charge in [0, 0.05) is 11.9 Å². The third-order valence-corrected chi connectivity index (χ3v) is 3.36. The fraction of sp³-hybridized carbons (Fsp3) is 0.0909. The third-order valence-electron chi connectivity index (χ3n) is 2.30. The molecule has 0 aliphatic rings. The largest absolute Gasteiger partial charge is 0.478 e. The van der Waals surface area contributed by atoms with E-state index >= 15 is 0 Å². The van der Waals surface area contributed by atoms with Crippen LogP contribution in [0, 0.1) is 10.1 Å². The number of rotatable bonds is 4. The van der Waals surface area contributed by atoms with Crippen LogP contribution < -0.4 is 0 Å². The zero-order valence-electron chi connectivity index (χ0n) is 9.81. The quantitative estimate of drug-likeness (QED) is 0.680. The van der Waals surface area contributed by atoms with Gasteiger partial charge in [-0.05, 0) is 12.1 Å². The summed E-state index contributed by atoms with van der Waals surface area (Å²) in [4.78, 5) is 21.8. The Labute approximate surface area is 112 Å². The minimum absolute atomic E-state index is 0.0902. The minimum atomic E-state index is -1.08. The lowest BCUT2D eigenvalue weighted by molar-refractivity contribution is -0.387. The summed E-state index contributed by atoms with van der Waals surface area (Å²) in [7, 11) is 1.57. The van der Waals surface area contributed by atoms with Crippen molar-refractivity contribution in [3.05, 3.63) is 46.1 Å². The molecule has 0 atom stereocenters. The summed E-state index contributed by atoms with van der Waals surface area (Å²) in [6.45, 7) is 0. The van der Waals surface area contributed by atoms with E-state index < -0.39 is 10.9 Å². The summed E-state index contributed by atoms with van der Waals surface area (Å²) in [5, 5.41) is 24.1. The number of carbonyl (C=O) groups is 1. The maximum absolute atomic E-state index is 11.1. The van der Waals surface area contributed by atoms with Crippen LogP contribution in [-0.2, 0) is 7.05 Å². The summed E-state index contributed by atoms with van der Waals surface area (Å²) in [6.07, 6.45) is 1.28. The fourth-order valence-corrected chi connectivity index (χ4v) is 2.51. The van der Waals surface area contributed by atoms with Crippen LogP contribution in [0.2, 0.25) is 0 Å². The lowest BCUT2D eigenvalue weighted by Crippen LogP contribution is -1.98. The molecule has 0 saturated carbocycles. The Balaban J connectivity index is 2.42. The Hall–Kier alpha value is -2.35. The first-order valence-corrected chi connectivity index (χ1v) is 5.99. The van der Waals surface area contributed by atoms with Crippen LogP contribution in [0.3, 0.4) is 0 Å². The molecular weight excluding hydrogens is 270 g/mol. The Morgan fingerprint density at radius 1 is 1.47 bits per heavy atom. The molecule has 1 aromatic heterocycles. The number of benzene rings is 1. The molecule has 2 aromatic rings. The van der Waals surface area contributed by atoms with Crippen molar-refractivity contribution in [2.75, 3.05) is 0 Å². The Bertz CT molecular complexity index is 653. The van der Waals surface area contributed by atoms with Gasteiger partial charge in [-0.2, -0.15) is 5.10 Å². The summed E-state index contributed by atoms with van der Waals surface area (Å²) in [6, 6.07) is 6.30. The second-order valence-electron chi connectivity index (χ2n) is 3.65. The molecule has 0 amide bonds. The average molecular weight is 279 g/mol. The molecule has 7 nitrogen and oxygen atoms in total. The number of aryl methyl sites for hydroxylation is 1. The average Bonchev–Trinajstić information content (AvgIpc) is 2.71. The number of hydrogen-bond acceptors (Lipinski definition) is 5. The number of aromatic carboxylic acids is 1. The van der Waals surface area contributed by atoms with Gasteiger partial charge in [0.1, 0.15) is 6.20 Å². The van der Waals surface area contributed by atoms with Crippen molar-refractivity contribution in [1.82, 2.24) is 9.78 Å². The molecule has 1 aromatic carbocycles. The second kappa shape index (κ2) is 5.11. The number of carboxylic acids is 1. The lowest BCUT2D eigenvalue weighted by atomic mass is 10.2. The summed E-state index contributed by atoms with van der Waals surface area (Å²) < 4.78 is 1.32. The highest BCUT2D eigenvalue weighted by atomic mass is 32.2. The maximum atomic E-state index is 11.1. The summed E-state index contributed by atoms with van der Waals surface area (Å²) >= 11 is 0.964. The molecule has 0 saturated heterocycles. The van der Waals surface area contributed by atoms with Crippen molar-refractivity contribution < 1.29 is 14.8 Å². The van der Waals surface area contributed by atoms with E-state index in [0.29, 0.717) is 4.90 Å². The number of carboxylic acid groups (broad SMARTS) is 1. The molecule has 19 heavy (non-hydrogen) atoms. The second-order valence-corrected chi connectivity index (χ2v) is 4.68. The molecule has 0 fully saturated rings. The zero-order valence-corrected chi connectivity index (χ0v) is 10.6. The van der Waals surface area contributed by atoms with Gasteiger partial charge in [-0.3, -0.25) is 14.8 Å². The van der Waals surface area contributed by atoms with Crippen LogP contribution in [0.5, 0.6) is 0 Å². The van der Waals surface area contributed by atoms with E-state index in [2.05, 4.69) is 5.10 Å². The van der Waals surface area contributed by atoms with Crippen LogP contribution in [0.4, 0.5) is 5.69 Å². The molecule has 0 bridgehead atoms. The number of aromatic nitrogens is 2. The van der Waals surface area contributed by atoms with Crippen LogP contribution >= 0.6 is 11.8 Å². The van der Waals surface area contributed by atoms with Gasteiger partial charge in [0.15, 0.2) is 0 Å². The van der Waals surface area contributed by atoms with E-state index in [-0.39, 0.29) is 16.3 Å². The topological polar surface area (TPSA) is 98.3 Å². The minimum Gasteiger partial charge on any atom is -0.478 e. The molecule has 0 aliphatic carbocycles. The first kappa shape index (κ1) is 13.1. The molecule has 0 unspecified atom stereocenters. The third kappa shape index (κ3) is 2.74. The van der Waals surface area contributed by atoms with Gasteiger partial charge in [-0.15, -0.1) is 0 Å². The van der Waals surface area contributed by atoms with Crippen molar-refractivity contribution in [3.8, 4) is 0 Å². The van der Waals surface area contributed by atoms with E-state index in [1.54, 1.807) is 25.2 Å². The van der Waals surface area contributed by atoms with E-state index in [1.807, 2.05) is 0 Å². The normalized spacial score (nSPS) is 10.4. The number of hydrogen-bond donors (Lipinski definition) is 1. The van der Waals surface area contributed by atoms with Crippen LogP contribution in [-0.4, -0.2) is 25.8 Å². The molecule has 0 spiro atoms. The molecule has 2 rings (SSSR count). The monoisotopic (exact) mass is 279 g/mol. The number of nitrogens with zero attached hydrogens (tertiary/aromatic N) is 3. The predicted molar refractivity (Wildman–Crippen MR) is 67.4 cm³/mol. The molecule has 0 aliphatic heterocycles. The molecular formula is C11H9N3O4S. The van der Waals surface area contributed by atoms with Gasteiger partial charge in [0.05, 0.1) is 10.5 Å². The van der Waals surface area contributed by atoms with Crippen molar-refractivity contribution in [2.24, 2.45) is 7.05 Å². The molecule has 1 heterocycles. The van der Waals surface area contributed by atoms with Gasteiger partial charge in [0.2, 0.25) is 5.03 Å². The Kier molecular flexibility index (Phi) is 3.52. The summed E-state index contributed by atoms with van der Waals surface area (Å²) in [5.41, 5.74) is -0.0554. The first-order chi connectivity index (χ1) is 8.99. The first-order valence-electron chi connectivity index (χ1n) is 5.17.